The summed E-state index contributed by atoms with van der Waals surface area (Å²) in [7, 11) is 0. The number of aromatic nitrogens is 2. The highest BCUT2D eigenvalue weighted by molar-refractivity contribution is 5.80. The van der Waals surface area contributed by atoms with Gasteiger partial charge in [0.15, 0.2) is 6.23 Å². The van der Waals surface area contributed by atoms with Gasteiger partial charge < -0.3 is 4.74 Å². The number of benzene rings is 1. The molecule has 0 amide bonds. The maximum Gasteiger partial charge on any atom is 0.150 e. The Kier molecular flexibility index (Phi) is 3.08. The lowest BCUT2D eigenvalue weighted by atomic mass is 10.0. The Morgan fingerprint density at radius 1 is 1.39 bits per heavy atom. The molecule has 2 heterocycles. The van der Waals surface area contributed by atoms with Crippen LogP contribution in [0, 0.1) is 6.92 Å². The highest BCUT2D eigenvalue weighted by Crippen LogP contribution is 2.27. The van der Waals surface area contributed by atoms with Crippen molar-refractivity contribution in [2.24, 2.45) is 0 Å². The Hall–Kier alpha value is -1.35. The zero-order valence-corrected chi connectivity index (χ0v) is 11.1. The van der Waals surface area contributed by atoms with E-state index in [0.29, 0.717) is 0 Å². The highest BCUT2D eigenvalue weighted by Gasteiger charge is 2.18. The van der Waals surface area contributed by atoms with Crippen LogP contribution in [-0.4, -0.2) is 16.4 Å². The first-order valence-electron chi connectivity index (χ1n) is 6.88. The van der Waals surface area contributed by atoms with E-state index in [1.54, 1.807) is 0 Å². The largest absolute Gasteiger partial charge is 0.356 e. The van der Waals surface area contributed by atoms with Crippen LogP contribution in [0.15, 0.2) is 18.3 Å². The summed E-state index contributed by atoms with van der Waals surface area (Å²) in [5.74, 6) is 0. The SMILES string of the molecule is CCc1cc2c(cnn2C2CCCCO2)cc1C. The van der Waals surface area contributed by atoms with Crippen molar-refractivity contribution < 1.29 is 4.74 Å². The number of fused-ring (bicyclic) bond motifs is 1. The van der Waals surface area contributed by atoms with Gasteiger partial charge in [0.1, 0.15) is 0 Å². The maximum atomic E-state index is 5.83. The number of hydrogen-bond donors (Lipinski definition) is 0. The van der Waals surface area contributed by atoms with Crippen molar-refractivity contribution in [2.75, 3.05) is 6.61 Å². The van der Waals surface area contributed by atoms with Crippen LogP contribution < -0.4 is 0 Å². The normalized spacial score (nSPS) is 20.4. The molecule has 1 aromatic heterocycles. The molecule has 0 N–H and O–H groups in total. The smallest absolute Gasteiger partial charge is 0.150 e. The minimum Gasteiger partial charge on any atom is -0.356 e. The number of nitrogens with zero attached hydrogens (tertiary/aromatic N) is 2. The number of hydrogen-bond acceptors (Lipinski definition) is 2. The van der Waals surface area contributed by atoms with Gasteiger partial charge in [-0.2, -0.15) is 5.10 Å². The Labute approximate surface area is 108 Å². The molecule has 18 heavy (non-hydrogen) atoms. The Balaban J connectivity index is 2.06. The topological polar surface area (TPSA) is 27.1 Å². The molecular formula is C15H20N2O. The summed E-state index contributed by atoms with van der Waals surface area (Å²) >= 11 is 0. The third-order valence-corrected chi connectivity index (χ3v) is 3.86. The molecule has 1 aliphatic rings. The first-order valence-corrected chi connectivity index (χ1v) is 6.88. The molecule has 3 heteroatoms. The van der Waals surface area contributed by atoms with E-state index < -0.39 is 0 Å². The summed E-state index contributed by atoms with van der Waals surface area (Å²) < 4.78 is 7.90. The van der Waals surface area contributed by atoms with Gasteiger partial charge in [-0.15, -0.1) is 0 Å². The fraction of sp³-hybridized carbons (Fsp3) is 0.533. The van der Waals surface area contributed by atoms with Crippen molar-refractivity contribution in [3.05, 3.63) is 29.5 Å². The van der Waals surface area contributed by atoms with Gasteiger partial charge >= 0.3 is 0 Å². The van der Waals surface area contributed by atoms with E-state index in [4.69, 9.17) is 4.74 Å². The number of rotatable bonds is 2. The second-order valence-electron chi connectivity index (χ2n) is 5.10. The highest BCUT2D eigenvalue weighted by atomic mass is 16.5. The fourth-order valence-corrected chi connectivity index (χ4v) is 2.78. The molecule has 1 unspecified atom stereocenters. The lowest BCUT2D eigenvalue weighted by Gasteiger charge is -2.23. The average molecular weight is 244 g/mol. The molecule has 0 aliphatic carbocycles. The van der Waals surface area contributed by atoms with E-state index in [9.17, 15) is 0 Å². The molecule has 96 valence electrons. The van der Waals surface area contributed by atoms with Gasteiger partial charge in [-0.1, -0.05) is 6.92 Å². The Morgan fingerprint density at radius 2 is 2.28 bits per heavy atom. The molecule has 0 radical (unpaired) electrons. The molecule has 0 bridgehead atoms. The van der Waals surface area contributed by atoms with Crippen molar-refractivity contribution in [3.8, 4) is 0 Å². The second kappa shape index (κ2) is 4.73. The monoisotopic (exact) mass is 244 g/mol. The third kappa shape index (κ3) is 1.93. The van der Waals surface area contributed by atoms with Gasteiger partial charge in [-0.3, -0.25) is 0 Å². The summed E-state index contributed by atoms with van der Waals surface area (Å²) in [6.07, 6.45) is 6.64. The molecule has 1 aromatic carbocycles. The molecule has 3 nitrogen and oxygen atoms in total. The second-order valence-corrected chi connectivity index (χ2v) is 5.10. The van der Waals surface area contributed by atoms with Gasteiger partial charge in [-0.25, -0.2) is 4.68 Å². The average Bonchev–Trinajstić information content (AvgIpc) is 2.81. The predicted octanol–water partition coefficient (Wildman–Crippen LogP) is 3.61. The van der Waals surface area contributed by atoms with E-state index in [0.717, 1.165) is 19.4 Å². The van der Waals surface area contributed by atoms with E-state index in [2.05, 4.69) is 35.8 Å². The molecule has 0 saturated carbocycles. The van der Waals surface area contributed by atoms with E-state index in [-0.39, 0.29) is 6.23 Å². The van der Waals surface area contributed by atoms with Crippen molar-refractivity contribution in [1.82, 2.24) is 9.78 Å². The van der Waals surface area contributed by atoms with Crippen LogP contribution in [0.2, 0.25) is 0 Å². The zero-order valence-electron chi connectivity index (χ0n) is 11.1. The third-order valence-electron chi connectivity index (χ3n) is 3.86. The maximum absolute atomic E-state index is 5.83. The first-order chi connectivity index (χ1) is 8.79. The summed E-state index contributed by atoms with van der Waals surface area (Å²) in [6.45, 7) is 5.23. The van der Waals surface area contributed by atoms with E-state index in [1.807, 2.05) is 6.20 Å². The van der Waals surface area contributed by atoms with Crippen LogP contribution in [0.25, 0.3) is 10.9 Å². The van der Waals surface area contributed by atoms with Crippen LogP contribution in [-0.2, 0) is 11.2 Å². The zero-order chi connectivity index (χ0) is 12.5. The van der Waals surface area contributed by atoms with Crippen molar-refractivity contribution in [2.45, 2.75) is 45.8 Å². The minimum absolute atomic E-state index is 0.128. The van der Waals surface area contributed by atoms with Gasteiger partial charge in [-0.05, 0) is 55.9 Å². The standard InChI is InChI=1S/C15H20N2O/c1-3-12-9-14-13(8-11(12)2)10-16-17(14)15-6-4-5-7-18-15/h8-10,15H,3-7H2,1-2H3. The lowest BCUT2D eigenvalue weighted by Crippen LogP contribution is -2.19. The van der Waals surface area contributed by atoms with Crippen LogP contribution in [0.1, 0.15) is 43.5 Å². The molecule has 1 fully saturated rings. The molecular weight excluding hydrogens is 224 g/mol. The van der Waals surface area contributed by atoms with Crippen LogP contribution in [0.3, 0.4) is 0 Å². The van der Waals surface area contributed by atoms with Crippen LogP contribution in [0.4, 0.5) is 0 Å². The molecule has 1 aliphatic heterocycles. The van der Waals surface area contributed by atoms with Gasteiger partial charge in [0.25, 0.3) is 0 Å². The van der Waals surface area contributed by atoms with E-state index >= 15 is 0 Å². The molecule has 1 saturated heterocycles. The number of aryl methyl sites for hydroxylation is 2. The Morgan fingerprint density at radius 3 is 3.00 bits per heavy atom. The fourth-order valence-electron chi connectivity index (χ4n) is 2.78. The summed E-state index contributed by atoms with van der Waals surface area (Å²) in [4.78, 5) is 0. The molecule has 0 spiro atoms. The van der Waals surface area contributed by atoms with Crippen LogP contribution >= 0.6 is 0 Å². The Bertz CT molecular complexity index is 553. The van der Waals surface area contributed by atoms with Gasteiger partial charge in [0.05, 0.1) is 11.7 Å². The summed E-state index contributed by atoms with van der Waals surface area (Å²) in [5.41, 5.74) is 3.97. The van der Waals surface area contributed by atoms with Gasteiger partial charge in [0.2, 0.25) is 0 Å². The summed E-state index contributed by atoms with van der Waals surface area (Å²) in [5, 5.41) is 5.75. The van der Waals surface area contributed by atoms with Crippen molar-refractivity contribution in [1.29, 1.82) is 0 Å². The first kappa shape index (κ1) is 11.7. The minimum atomic E-state index is 0.128. The van der Waals surface area contributed by atoms with Crippen molar-refractivity contribution >= 4 is 10.9 Å². The molecule has 3 rings (SSSR count). The molecule has 1 atom stereocenters. The predicted molar refractivity (Wildman–Crippen MR) is 72.7 cm³/mol. The lowest BCUT2D eigenvalue weighted by molar-refractivity contribution is -0.0366. The van der Waals surface area contributed by atoms with E-state index in [1.165, 1.54) is 34.9 Å². The van der Waals surface area contributed by atoms with Crippen molar-refractivity contribution in [3.63, 3.8) is 0 Å². The summed E-state index contributed by atoms with van der Waals surface area (Å²) in [6, 6.07) is 4.51. The number of ether oxygens (including phenoxy) is 1. The van der Waals surface area contributed by atoms with Crippen LogP contribution in [0.5, 0.6) is 0 Å². The quantitative estimate of drug-likeness (QED) is 0.807. The molecule has 2 aromatic rings. The van der Waals surface area contributed by atoms with Gasteiger partial charge in [0, 0.05) is 12.0 Å².